The van der Waals surface area contributed by atoms with Crippen molar-refractivity contribution in [2.24, 2.45) is 0 Å². The maximum atomic E-state index is 12.3. The average Bonchev–Trinajstić information content (AvgIpc) is 2.82. The molecule has 0 radical (unpaired) electrons. The normalized spacial score (nSPS) is 11.9. The Morgan fingerprint density at radius 1 is 1.25 bits per heavy atom. The first-order valence-electron chi connectivity index (χ1n) is 7.75. The summed E-state index contributed by atoms with van der Waals surface area (Å²) in [7, 11) is 0. The Morgan fingerprint density at radius 3 is 2.20 bits per heavy atom. The van der Waals surface area contributed by atoms with Gasteiger partial charge in [-0.25, -0.2) is 0 Å². The Bertz CT molecular complexity index is 456. The van der Waals surface area contributed by atoms with Crippen molar-refractivity contribution >= 4 is 5.91 Å². The molecule has 1 rings (SSSR count). The van der Waals surface area contributed by atoms with E-state index >= 15 is 0 Å². The van der Waals surface area contributed by atoms with Gasteiger partial charge in [-0.1, -0.05) is 54.0 Å². The second-order valence-corrected chi connectivity index (χ2v) is 6.55. The zero-order valence-corrected chi connectivity index (χ0v) is 13.7. The standard InChI is InChI=1S/C18H29NO/c1-7-10-14(11-8-2)15-12-13-16(18(4,5)6)19(15)17(20)9-3/h9,12-14H,3,7-8,10-11H2,1-2,4-6H3. The van der Waals surface area contributed by atoms with E-state index in [1.807, 2.05) is 4.57 Å². The van der Waals surface area contributed by atoms with Crippen LogP contribution in [0, 0.1) is 0 Å². The SMILES string of the molecule is C=CC(=O)n1c(C(CCC)CCC)ccc1C(C)(C)C. The van der Waals surface area contributed by atoms with Crippen molar-refractivity contribution in [3.8, 4) is 0 Å². The Hall–Kier alpha value is -1.31. The van der Waals surface area contributed by atoms with Gasteiger partial charge in [0.1, 0.15) is 0 Å². The summed E-state index contributed by atoms with van der Waals surface area (Å²) in [5.74, 6) is 0.456. The fourth-order valence-corrected chi connectivity index (χ4v) is 2.83. The number of rotatable bonds is 6. The summed E-state index contributed by atoms with van der Waals surface area (Å²) < 4.78 is 1.89. The van der Waals surface area contributed by atoms with Gasteiger partial charge in [0.2, 0.25) is 0 Å². The largest absolute Gasteiger partial charge is 0.284 e. The van der Waals surface area contributed by atoms with Crippen LogP contribution in [0.25, 0.3) is 0 Å². The van der Waals surface area contributed by atoms with E-state index in [-0.39, 0.29) is 11.3 Å². The van der Waals surface area contributed by atoms with Gasteiger partial charge in [-0.3, -0.25) is 9.36 Å². The van der Waals surface area contributed by atoms with Crippen molar-refractivity contribution in [1.82, 2.24) is 4.57 Å². The number of carbonyl (C=O) groups is 1. The zero-order valence-electron chi connectivity index (χ0n) is 13.7. The molecule has 112 valence electrons. The van der Waals surface area contributed by atoms with Crippen LogP contribution in [0.4, 0.5) is 0 Å². The maximum absolute atomic E-state index is 12.3. The molecule has 0 aliphatic rings. The van der Waals surface area contributed by atoms with E-state index in [9.17, 15) is 4.79 Å². The Balaban J connectivity index is 3.35. The predicted molar refractivity (Wildman–Crippen MR) is 86.5 cm³/mol. The molecule has 2 nitrogen and oxygen atoms in total. The average molecular weight is 275 g/mol. The zero-order chi connectivity index (χ0) is 15.3. The third kappa shape index (κ3) is 3.62. The highest BCUT2D eigenvalue weighted by molar-refractivity contribution is 5.90. The molecule has 0 fully saturated rings. The van der Waals surface area contributed by atoms with Crippen molar-refractivity contribution in [1.29, 1.82) is 0 Å². The van der Waals surface area contributed by atoms with Crippen molar-refractivity contribution in [3.05, 3.63) is 36.2 Å². The Morgan fingerprint density at radius 2 is 1.80 bits per heavy atom. The van der Waals surface area contributed by atoms with Crippen molar-refractivity contribution in [3.63, 3.8) is 0 Å². The van der Waals surface area contributed by atoms with Crippen LogP contribution in [0.3, 0.4) is 0 Å². The molecule has 0 aliphatic carbocycles. The summed E-state index contributed by atoms with van der Waals surface area (Å²) in [5.41, 5.74) is 2.19. The van der Waals surface area contributed by atoms with Crippen LogP contribution in [0.15, 0.2) is 24.8 Å². The Kier molecular flexibility index (Phi) is 5.79. The molecule has 0 N–H and O–H groups in total. The molecule has 1 heterocycles. The second kappa shape index (κ2) is 6.92. The van der Waals surface area contributed by atoms with Crippen LogP contribution in [0.5, 0.6) is 0 Å². The number of carbonyl (C=O) groups excluding carboxylic acids is 1. The van der Waals surface area contributed by atoms with E-state index in [0.717, 1.165) is 37.1 Å². The lowest BCUT2D eigenvalue weighted by atomic mass is 9.92. The van der Waals surface area contributed by atoms with Gasteiger partial charge in [0, 0.05) is 16.8 Å². The van der Waals surface area contributed by atoms with Crippen molar-refractivity contribution < 1.29 is 4.79 Å². The summed E-state index contributed by atoms with van der Waals surface area (Å²) in [6.07, 6.45) is 5.97. The lowest BCUT2D eigenvalue weighted by Crippen LogP contribution is -2.23. The molecular formula is C18H29NO. The van der Waals surface area contributed by atoms with Gasteiger partial charge in [-0.2, -0.15) is 0 Å². The van der Waals surface area contributed by atoms with Crippen LogP contribution in [0.1, 0.15) is 82.4 Å². The molecule has 0 aliphatic heterocycles. The highest BCUT2D eigenvalue weighted by Gasteiger charge is 2.25. The first-order chi connectivity index (χ1) is 9.36. The summed E-state index contributed by atoms with van der Waals surface area (Å²) in [4.78, 5) is 12.3. The fraction of sp³-hybridized carbons (Fsp3) is 0.611. The van der Waals surface area contributed by atoms with Crippen molar-refractivity contribution in [2.75, 3.05) is 0 Å². The molecule has 0 amide bonds. The smallest absolute Gasteiger partial charge is 0.254 e. The molecule has 2 heteroatoms. The Labute approximate surface area is 123 Å². The summed E-state index contributed by atoms with van der Waals surface area (Å²) in [6.45, 7) is 14.5. The van der Waals surface area contributed by atoms with Gasteiger partial charge in [0.15, 0.2) is 0 Å². The van der Waals surface area contributed by atoms with Crippen LogP contribution >= 0.6 is 0 Å². The van der Waals surface area contributed by atoms with E-state index < -0.39 is 0 Å². The lowest BCUT2D eigenvalue weighted by Gasteiger charge is -2.24. The molecule has 0 aromatic carbocycles. The van der Waals surface area contributed by atoms with E-state index in [2.05, 4.69) is 53.3 Å². The molecule has 0 saturated carbocycles. The van der Waals surface area contributed by atoms with E-state index in [1.165, 1.54) is 6.08 Å². The van der Waals surface area contributed by atoms with Crippen molar-refractivity contribution in [2.45, 2.75) is 71.6 Å². The van der Waals surface area contributed by atoms with E-state index in [0.29, 0.717) is 5.92 Å². The lowest BCUT2D eigenvalue weighted by molar-refractivity contribution is 0.0958. The predicted octanol–water partition coefficient (Wildman–Crippen LogP) is 5.30. The number of hydrogen-bond acceptors (Lipinski definition) is 1. The monoisotopic (exact) mass is 275 g/mol. The minimum Gasteiger partial charge on any atom is -0.284 e. The highest BCUT2D eigenvalue weighted by atomic mass is 16.1. The summed E-state index contributed by atoms with van der Waals surface area (Å²) in [6, 6.07) is 4.24. The maximum Gasteiger partial charge on any atom is 0.254 e. The van der Waals surface area contributed by atoms with E-state index in [1.54, 1.807) is 0 Å². The van der Waals surface area contributed by atoms with Crippen LogP contribution in [0.2, 0.25) is 0 Å². The molecular weight excluding hydrogens is 246 g/mol. The fourth-order valence-electron chi connectivity index (χ4n) is 2.83. The molecule has 1 aromatic heterocycles. The molecule has 0 unspecified atom stereocenters. The number of nitrogens with zero attached hydrogens (tertiary/aromatic N) is 1. The highest BCUT2D eigenvalue weighted by Crippen LogP contribution is 2.32. The summed E-state index contributed by atoms with van der Waals surface area (Å²) in [5, 5.41) is 0. The molecule has 0 bridgehead atoms. The van der Waals surface area contributed by atoms with E-state index in [4.69, 9.17) is 0 Å². The third-order valence-electron chi connectivity index (χ3n) is 3.77. The van der Waals surface area contributed by atoms with Gasteiger partial charge in [0.25, 0.3) is 5.91 Å². The second-order valence-electron chi connectivity index (χ2n) is 6.55. The van der Waals surface area contributed by atoms with Gasteiger partial charge >= 0.3 is 0 Å². The summed E-state index contributed by atoms with van der Waals surface area (Å²) >= 11 is 0. The molecule has 1 aromatic rings. The van der Waals surface area contributed by atoms with Gasteiger partial charge in [-0.15, -0.1) is 0 Å². The minimum atomic E-state index is -0.0418. The topological polar surface area (TPSA) is 22.0 Å². The molecule has 0 atom stereocenters. The number of hydrogen-bond donors (Lipinski definition) is 0. The van der Waals surface area contributed by atoms with Crippen LogP contribution in [-0.2, 0) is 5.41 Å². The van der Waals surface area contributed by atoms with Crippen LogP contribution in [-0.4, -0.2) is 10.5 Å². The molecule has 20 heavy (non-hydrogen) atoms. The number of aromatic nitrogens is 1. The number of allylic oxidation sites excluding steroid dienone is 1. The molecule has 0 saturated heterocycles. The van der Waals surface area contributed by atoms with Gasteiger partial charge in [-0.05, 0) is 37.0 Å². The minimum absolute atomic E-state index is 0.00729. The quantitative estimate of drug-likeness (QED) is 0.646. The first-order valence-corrected chi connectivity index (χ1v) is 7.75. The van der Waals surface area contributed by atoms with Gasteiger partial charge < -0.3 is 0 Å². The van der Waals surface area contributed by atoms with Crippen LogP contribution < -0.4 is 0 Å². The molecule has 0 spiro atoms. The third-order valence-corrected chi connectivity index (χ3v) is 3.77. The first kappa shape index (κ1) is 16.7. The van der Waals surface area contributed by atoms with Gasteiger partial charge in [0.05, 0.1) is 0 Å².